The molecule has 0 fully saturated rings. The van der Waals surface area contributed by atoms with E-state index < -0.39 is 5.97 Å². The summed E-state index contributed by atoms with van der Waals surface area (Å²) in [5.41, 5.74) is 1.35. The highest BCUT2D eigenvalue weighted by Gasteiger charge is 2.20. The molecule has 0 bridgehead atoms. The zero-order valence-corrected chi connectivity index (χ0v) is 15.1. The number of carbonyl (C=O) groups is 1. The van der Waals surface area contributed by atoms with Crippen LogP contribution in [0.1, 0.15) is 88.1 Å². The number of carboxylic acids is 1. The first-order valence-electron chi connectivity index (χ1n) is 9.00. The highest BCUT2D eigenvalue weighted by molar-refractivity contribution is 5.91. The van der Waals surface area contributed by atoms with Crippen LogP contribution in [0.2, 0.25) is 0 Å². The van der Waals surface area contributed by atoms with Crippen molar-refractivity contribution >= 4 is 5.97 Å². The minimum atomic E-state index is -0.907. The maximum atomic E-state index is 11.5. The molecular formula is C20H32O3. The van der Waals surface area contributed by atoms with Gasteiger partial charge in [0.1, 0.15) is 11.3 Å². The van der Waals surface area contributed by atoms with Crippen molar-refractivity contribution in [1.29, 1.82) is 0 Å². The third kappa shape index (κ3) is 6.25. The Kier molecular flexibility index (Phi) is 8.75. The molecule has 0 spiro atoms. The Labute approximate surface area is 141 Å². The van der Waals surface area contributed by atoms with Crippen LogP contribution in [-0.2, 0) is 0 Å². The van der Waals surface area contributed by atoms with E-state index in [9.17, 15) is 9.90 Å². The number of hydrogen-bond donors (Lipinski definition) is 1. The molecule has 1 aromatic rings. The molecule has 0 aliphatic heterocycles. The van der Waals surface area contributed by atoms with Crippen LogP contribution >= 0.6 is 0 Å². The summed E-state index contributed by atoms with van der Waals surface area (Å²) in [6.07, 6.45) is 6.42. The number of para-hydroxylation sites is 1. The highest BCUT2D eigenvalue weighted by Crippen LogP contribution is 2.35. The van der Waals surface area contributed by atoms with Gasteiger partial charge in [0, 0.05) is 0 Å². The largest absolute Gasteiger partial charge is 0.492 e. The first kappa shape index (κ1) is 19.5. The summed E-state index contributed by atoms with van der Waals surface area (Å²) in [4.78, 5) is 11.5. The first-order chi connectivity index (χ1) is 11.0. The Morgan fingerprint density at radius 2 is 1.91 bits per heavy atom. The van der Waals surface area contributed by atoms with E-state index in [0.29, 0.717) is 29.8 Å². The molecule has 3 nitrogen and oxygen atoms in total. The molecule has 0 saturated carbocycles. The number of aromatic carboxylic acids is 1. The van der Waals surface area contributed by atoms with Crippen LogP contribution in [0.15, 0.2) is 18.2 Å². The third-order valence-corrected chi connectivity index (χ3v) is 4.27. The van der Waals surface area contributed by atoms with Gasteiger partial charge in [-0.1, -0.05) is 52.7 Å². The van der Waals surface area contributed by atoms with Gasteiger partial charge in [0.2, 0.25) is 0 Å². The summed E-state index contributed by atoms with van der Waals surface area (Å²) in [7, 11) is 0. The second kappa shape index (κ2) is 10.3. The van der Waals surface area contributed by atoms with Crippen molar-refractivity contribution in [1.82, 2.24) is 0 Å². The lowest BCUT2D eigenvalue weighted by atomic mass is 9.90. The topological polar surface area (TPSA) is 46.5 Å². The molecule has 1 unspecified atom stereocenters. The predicted octanol–water partition coefficient (Wildman–Crippen LogP) is 5.88. The Hall–Kier alpha value is -1.51. The lowest BCUT2D eigenvalue weighted by Gasteiger charge is -2.20. The Bertz CT molecular complexity index is 480. The van der Waals surface area contributed by atoms with E-state index in [4.69, 9.17) is 4.74 Å². The van der Waals surface area contributed by atoms with Gasteiger partial charge in [-0.2, -0.15) is 0 Å². The minimum Gasteiger partial charge on any atom is -0.492 e. The lowest BCUT2D eigenvalue weighted by Crippen LogP contribution is -2.10. The van der Waals surface area contributed by atoms with Crippen LogP contribution < -0.4 is 4.74 Å². The molecule has 0 radical (unpaired) electrons. The first-order valence-corrected chi connectivity index (χ1v) is 9.00. The van der Waals surface area contributed by atoms with Crippen molar-refractivity contribution in [2.75, 3.05) is 6.61 Å². The lowest BCUT2D eigenvalue weighted by molar-refractivity contribution is 0.0691. The fourth-order valence-electron chi connectivity index (χ4n) is 2.96. The van der Waals surface area contributed by atoms with Gasteiger partial charge in [0.25, 0.3) is 0 Å². The molecule has 1 aromatic carbocycles. The third-order valence-electron chi connectivity index (χ3n) is 4.27. The van der Waals surface area contributed by atoms with Crippen molar-refractivity contribution in [3.8, 4) is 5.75 Å². The van der Waals surface area contributed by atoms with E-state index in [-0.39, 0.29) is 0 Å². The fourth-order valence-corrected chi connectivity index (χ4v) is 2.96. The molecule has 23 heavy (non-hydrogen) atoms. The number of rotatable bonds is 11. The summed E-state index contributed by atoms with van der Waals surface area (Å²) in [6.45, 7) is 9.34. The Morgan fingerprint density at radius 3 is 2.48 bits per heavy atom. The van der Waals surface area contributed by atoms with E-state index in [2.05, 4.69) is 27.7 Å². The minimum absolute atomic E-state index is 0.293. The number of unbranched alkanes of at least 4 members (excludes halogenated alkanes) is 1. The van der Waals surface area contributed by atoms with Crippen LogP contribution in [0.25, 0.3) is 0 Å². The van der Waals surface area contributed by atoms with Crippen molar-refractivity contribution in [2.45, 2.75) is 72.1 Å². The standard InChI is InChI=1S/C20H32O3/c1-5-10-16(6-2)17-12-9-13-18(20(21)22)19(17)23-14-8-7-11-15(3)4/h9,12-13,15-16H,5-8,10-11,14H2,1-4H3,(H,21,22). The molecule has 1 atom stereocenters. The zero-order valence-electron chi connectivity index (χ0n) is 15.1. The van der Waals surface area contributed by atoms with Gasteiger partial charge in [-0.15, -0.1) is 0 Å². The van der Waals surface area contributed by atoms with Crippen LogP contribution in [-0.4, -0.2) is 17.7 Å². The van der Waals surface area contributed by atoms with Crippen molar-refractivity contribution < 1.29 is 14.6 Å². The quantitative estimate of drug-likeness (QED) is 0.518. The van der Waals surface area contributed by atoms with E-state index in [1.165, 1.54) is 6.42 Å². The molecule has 1 N–H and O–H groups in total. The summed E-state index contributed by atoms with van der Waals surface area (Å²) >= 11 is 0. The van der Waals surface area contributed by atoms with E-state index in [0.717, 1.165) is 37.7 Å². The SMILES string of the molecule is CCCC(CC)c1cccc(C(=O)O)c1OCCCCC(C)C. The molecular weight excluding hydrogens is 288 g/mol. The van der Waals surface area contributed by atoms with Gasteiger partial charge in [0.15, 0.2) is 0 Å². The van der Waals surface area contributed by atoms with Crippen LogP contribution in [0.3, 0.4) is 0 Å². The van der Waals surface area contributed by atoms with Crippen LogP contribution in [0.5, 0.6) is 5.75 Å². The maximum Gasteiger partial charge on any atom is 0.339 e. The average Bonchev–Trinajstić information content (AvgIpc) is 2.52. The van der Waals surface area contributed by atoms with Crippen molar-refractivity contribution in [3.05, 3.63) is 29.3 Å². The van der Waals surface area contributed by atoms with Crippen molar-refractivity contribution in [3.63, 3.8) is 0 Å². The van der Waals surface area contributed by atoms with Crippen molar-refractivity contribution in [2.24, 2.45) is 5.92 Å². The molecule has 3 heteroatoms. The number of benzene rings is 1. The van der Waals surface area contributed by atoms with Gasteiger partial charge >= 0.3 is 5.97 Å². The van der Waals surface area contributed by atoms with Crippen LogP contribution in [0, 0.1) is 5.92 Å². The average molecular weight is 320 g/mol. The molecule has 0 aromatic heterocycles. The predicted molar refractivity (Wildman–Crippen MR) is 95.5 cm³/mol. The number of carboxylic acid groups (broad SMARTS) is 1. The second-order valence-electron chi connectivity index (χ2n) is 6.66. The second-order valence-corrected chi connectivity index (χ2v) is 6.66. The maximum absolute atomic E-state index is 11.5. The Morgan fingerprint density at radius 1 is 1.17 bits per heavy atom. The normalized spacial score (nSPS) is 12.4. The molecule has 130 valence electrons. The van der Waals surface area contributed by atoms with E-state index in [1.54, 1.807) is 6.07 Å². The fraction of sp³-hybridized carbons (Fsp3) is 0.650. The monoisotopic (exact) mass is 320 g/mol. The van der Waals surface area contributed by atoms with Crippen LogP contribution in [0.4, 0.5) is 0 Å². The Balaban J connectivity index is 2.89. The van der Waals surface area contributed by atoms with Gasteiger partial charge in [-0.05, 0) is 49.1 Å². The molecule has 0 amide bonds. The van der Waals surface area contributed by atoms with Gasteiger partial charge < -0.3 is 9.84 Å². The number of ether oxygens (including phenoxy) is 1. The molecule has 0 saturated heterocycles. The molecule has 0 heterocycles. The molecule has 0 aliphatic carbocycles. The summed E-state index contributed by atoms with van der Waals surface area (Å²) in [5, 5.41) is 9.47. The van der Waals surface area contributed by atoms with Gasteiger partial charge in [-0.25, -0.2) is 4.79 Å². The van der Waals surface area contributed by atoms with Gasteiger partial charge in [-0.3, -0.25) is 0 Å². The zero-order chi connectivity index (χ0) is 17.2. The van der Waals surface area contributed by atoms with E-state index >= 15 is 0 Å². The smallest absolute Gasteiger partial charge is 0.339 e. The summed E-state index contributed by atoms with van der Waals surface area (Å²) in [6, 6.07) is 5.51. The van der Waals surface area contributed by atoms with E-state index in [1.807, 2.05) is 12.1 Å². The van der Waals surface area contributed by atoms with Gasteiger partial charge in [0.05, 0.1) is 6.61 Å². The highest BCUT2D eigenvalue weighted by atomic mass is 16.5. The summed E-state index contributed by atoms with van der Waals surface area (Å²) < 4.78 is 5.96. The number of hydrogen-bond acceptors (Lipinski definition) is 2. The molecule has 1 rings (SSSR count). The molecule has 0 aliphatic rings. The summed E-state index contributed by atoms with van der Waals surface area (Å²) in [5.74, 6) is 0.746.